The summed E-state index contributed by atoms with van der Waals surface area (Å²) < 4.78 is 10.6. The molecule has 174 valence electrons. The summed E-state index contributed by atoms with van der Waals surface area (Å²) in [5.41, 5.74) is 2.95. The predicted molar refractivity (Wildman–Crippen MR) is 136 cm³/mol. The van der Waals surface area contributed by atoms with Gasteiger partial charge in [-0.15, -0.1) is 0 Å². The van der Waals surface area contributed by atoms with Crippen molar-refractivity contribution in [3.05, 3.63) is 87.3 Å². The number of likely N-dealkylation sites (N-methyl/N-ethyl adjacent to an activating group) is 1. The molecule has 2 amide bonds. The number of methoxy groups -OCH3 is 2. The van der Waals surface area contributed by atoms with E-state index in [2.05, 4.69) is 5.32 Å². The van der Waals surface area contributed by atoms with Gasteiger partial charge >= 0.3 is 0 Å². The lowest BCUT2D eigenvalue weighted by molar-refractivity contribution is -0.114. The highest BCUT2D eigenvalue weighted by Gasteiger charge is 2.27. The summed E-state index contributed by atoms with van der Waals surface area (Å²) in [6, 6.07) is 18.2. The Balaban J connectivity index is 1.53. The van der Waals surface area contributed by atoms with Crippen molar-refractivity contribution in [3.8, 4) is 11.5 Å². The molecule has 8 heteroatoms. The van der Waals surface area contributed by atoms with Crippen molar-refractivity contribution in [3.63, 3.8) is 0 Å². The van der Waals surface area contributed by atoms with E-state index >= 15 is 0 Å². The Morgan fingerprint density at radius 3 is 2.47 bits per heavy atom. The molecule has 6 nitrogen and oxygen atoms in total. The molecule has 0 spiro atoms. The number of amides is 2. The number of fused-ring (bicyclic) bond motifs is 1. The molecule has 1 N–H and O–H groups in total. The number of halogens is 1. The molecule has 1 aliphatic rings. The largest absolute Gasteiger partial charge is 0.493 e. The number of carbonyl (C=O) groups is 2. The smallest absolute Gasteiger partial charge is 0.264 e. The SMILES string of the molecule is COc1ccc(C=C2Sc3ccc(C(=O)NCc4ccc(Cl)cc4)cc3N(C)C2=O)cc1OC. The summed E-state index contributed by atoms with van der Waals surface area (Å²) in [6.07, 6.45) is 1.82. The number of benzene rings is 3. The molecule has 0 saturated heterocycles. The van der Waals surface area contributed by atoms with E-state index in [1.54, 1.807) is 56.5 Å². The summed E-state index contributed by atoms with van der Waals surface area (Å²) >= 11 is 7.28. The van der Waals surface area contributed by atoms with Crippen LogP contribution in [0.1, 0.15) is 21.5 Å². The van der Waals surface area contributed by atoms with Crippen LogP contribution in [0, 0.1) is 0 Å². The number of nitrogens with one attached hydrogen (secondary N) is 1. The number of anilines is 1. The maximum atomic E-state index is 13.1. The summed E-state index contributed by atoms with van der Waals surface area (Å²) in [6.45, 7) is 0.384. The molecular formula is C26H23ClN2O4S. The minimum atomic E-state index is -0.213. The quantitative estimate of drug-likeness (QED) is 0.465. The van der Waals surface area contributed by atoms with Crippen molar-refractivity contribution in [2.45, 2.75) is 11.4 Å². The molecule has 0 aliphatic carbocycles. The first-order chi connectivity index (χ1) is 16.4. The number of hydrogen-bond acceptors (Lipinski definition) is 5. The Labute approximate surface area is 207 Å². The van der Waals surface area contributed by atoms with E-state index in [0.717, 1.165) is 16.0 Å². The minimum absolute atomic E-state index is 0.147. The van der Waals surface area contributed by atoms with Crippen molar-refractivity contribution in [2.75, 3.05) is 26.2 Å². The van der Waals surface area contributed by atoms with Crippen molar-refractivity contribution < 1.29 is 19.1 Å². The van der Waals surface area contributed by atoms with Crippen LogP contribution in [0.5, 0.6) is 11.5 Å². The van der Waals surface area contributed by atoms with E-state index in [1.165, 1.54) is 11.8 Å². The Bertz CT molecular complexity index is 1270. The van der Waals surface area contributed by atoms with Gasteiger partial charge in [-0.05, 0) is 59.7 Å². The van der Waals surface area contributed by atoms with Crippen LogP contribution in [0.2, 0.25) is 5.02 Å². The molecule has 0 radical (unpaired) electrons. The van der Waals surface area contributed by atoms with Gasteiger partial charge in [-0.2, -0.15) is 0 Å². The second-order valence-electron chi connectivity index (χ2n) is 7.58. The van der Waals surface area contributed by atoms with Crippen LogP contribution in [0.25, 0.3) is 6.08 Å². The number of nitrogens with zero attached hydrogens (tertiary/aromatic N) is 1. The highest BCUT2D eigenvalue weighted by atomic mass is 35.5. The normalized spacial score (nSPS) is 14.1. The van der Waals surface area contributed by atoms with E-state index in [-0.39, 0.29) is 11.8 Å². The van der Waals surface area contributed by atoms with Crippen LogP contribution in [-0.4, -0.2) is 33.1 Å². The third-order valence-corrected chi connectivity index (χ3v) is 6.72. The third-order valence-electron chi connectivity index (χ3n) is 5.39. The Morgan fingerprint density at radius 1 is 1.03 bits per heavy atom. The van der Waals surface area contributed by atoms with Crippen LogP contribution in [0.4, 0.5) is 5.69 Å². The van der Waals surface area contributed by atoms with Gasteiger partial charge in [0.25, 0.3) is 11.8 Å². The fraction of sp³-hybridized carbons (Fsp3) is 0.154. The molecule has 0 saturated carbocycles. The zero-order valence-corrected chi connectivity index (χ0v) is 20.5. The average Bonchev–Trinajstić information content (AvgIpc) is 2.86. The molecule has 0 aromatic heterocycles. The molecule has 34 heavy (non-hydrogen) atoms. The van der Waals surface area contributed by atoms with Crippen molar-refractivity contribution >= 4 is 46.9 Å². The van der Waals surface area contributed by atoms with Crippen LogP contribution >= 0.6 is 23.4 Å². The number of hydrogen-bond donors (Lipinski definition) is 1. The van der Waals surface area contributed by atoms with E-state index < -0.39 is 0 Å². The second kappa shape index (κ2) is 10.2. The summed E-state index contributed by atoms with van der Waals surface area (Å²) in [5, 5.41) is 3.55. The fourth-order valence-electron chi connectivity index (χ4n) is 3.52. The summed E-state index contributed by atoms with van der Waals surface area (Å²) in [4.78, 5) is 28.8. The number of rotatable bonds is 6. The molecule has 4 rings (SSSR count). The number of ether oxygens (including phenoxy) is 2. The maximum absolute atomic E-state index is 13.1. The van der Waals surface area contributed by atoms with Crippen LogP contribution in [-0.2, 0) is 11.3 Å². The van der Waals surface area contributed by atoms with E-state index in [9.17, 15) is 9.59 Å². The first-order valence-electron chi connectivity index (χ1n) is 10.5. The van der Waals surface area contributed by atoms with Crippen LogP contribution in [0.15, 0.2) is 70.5 Å². The molecule has 1 heterocycles. The predicted octanol–water partition coefficient (Wildman–Crippen LogP) is 5.40. The van der Waals surface area contributed by atoms with Crippen molar-refractivity contribution in [1.29, 1.82) is 0 Å². The molecule has 0 bridgehead atoms. The van der Waals surface area contributed by atoms with Crippen molar-refractivity contribution in [1.82, 2.24) is 5.32 Å². The first kappa shape index (κ1) is 23.7. The van der Waals surface area contributed by atoms with Gasteiger partial charge in [0.05, 0.1) is 24.8 Å². The van der Waals surface area contributed by atoms with Gasteiger partial charge in [-0.25, -0.2) is 0 Å². The molecule has 3 aromatic rings. The second-order valence-corrected chi connectivity index (χ2v) is 9.10. The van der Waals surface area contributed by atoms with Crippen LogP contribution < -0.4 is 19.7 Å². The van der Waals surface area contributed by atoms with Gasteiger partial charge in [0.15, 0.2) is 11.5 Å². The molecular weight excluding hydrogens is 472 g/mol. The molecule has 0 fully saturated rings. The van der Waals surface area contributed by atoms with Gasteiger partial charge < -0.3 is 19.7 Å². The van der Waals surface area contributed by atoms with Gasteiger partial charge in [0, 0.05) is 29.1 Å². The summed E-state index contributed by atoms with van der Waals surface area (Å²) in [7, 11) is 4.86. The zero-order chi connectivity index (χ0) is 24.2. The average molecular weight is 495 g/mol. The minimum Gasteiger partial charge on any atom is -0.493 e. The van der Waals surface area contributed by atoms with Crippen LogP contribution in [0.3, 0.4) is 0 Å². The van der Waals surface area contributed by atoms with Crippen molar-refractivity contribution in [2.24, 2.45) is 0 Å². The van der Waals surface area contributed by atoms with Gasteiger partial charge in [0.2, 0.25) is 0 Å². The zero-order valence-electron chi connectivity index (χ0n) is 18.9. The monoisotopic (exact) mass is 494 g/mol. The lowest BCUT2D eigenvalue weighted by atomic mass is 10.1. The van der Waals surface area contributed by atoms with E-state index in [4.69, 9.17) is 21.1 Å². The fourth-order valence-corrected chi connectivity index (χ4v) is 4.73. The maximum Gasteiger partial charge on any atom is 0.264 e. The van der Waals surface area contributed by atoms with Gasteiger partial charge in [0.1, 0.15) is 0 Å². The van der Waals surface area contributed by atoms with E-state index in [1.807, 2.05) is 36.4 Å². The topological polar surface area (TPSA) is 67.9 Å². The van der Waals surface area contributed by atoms with E-state index in [0.29, 0.717) is 39.2 Å². The molecule has 0 unspecified atom stereocenters. The summed E-state index contributed by atoms with van der Waals surface area (Å²) in [5.74, 6) is 0.853. The Kier molecular flexibility index (Phi) is 7.14. The number of thioether (sulfide) groups is 1. The lowest BCUT2D eigenvalue weighted by Gasteiger charge is -2.27. The molecule has 1 aliphatic heterocycles. The van der Waals surface area contributed by atoms with Gasteiger partial charge in [-0.3, -0.25) is 9.59 Å². The highest BCUT2D eigenvalue weighted by Crippen LogP contribution is 2.42. The third kappa shape index (κ3) is 5.05. The lowest BCUT2D eigenvalue weighted by Crippen LogP contribution is -2.31. The Hall–Kier alpha value is -3.42. The molecule has 3 aromatic carbocycles. The standard InChI is InChI=1S/C26H23ClN2O4S/c1-29-20-14-18(25(30)28-15-16-4-8-19(27)9-5-16)7-11-23(20)34-24(26(29)31)13-17-6-10-21(32-2)22(12-17)33-3/h4-14H,15H2,1-3H3,(H,28,30). The number of carbonyl (C=O) groups excluding carboxylic acids is 2. The highest BCUT2D eigenvalue weighted by molar-refractivity contribution is 8.04. The van der Waals surface area contributed by atoms with Gasteiger partial charge in [-0.1, -0.05) is 41.6 Å². The molecule has 0 atom stereocenters. The first-order valence-corrected chi connectivity index (χ1v) is 11.7. The Morgan fingerprint density at radius 2 is 1.76 bits per heavy atom.